The average molecular weight is 375 g/mol. The number of anilines is 1. The predicted molar refractivity (Wildman–Crippen MR) is 110 cm³/mol. The van der Waals surface area contributed by atoms with E-state index in [1.54, 1.807) is 0 Å². The van der Waals surface area contributed by atoms with E-state index >= 15 is 0 Å². The summed E-state index contributed by atoms with van der Waals surface area (Å²) in [5.41, 5.74) is 1.19. The fourth-order valence-corrected chi connectivity index (χ4v) is 3.79. The summed E-state index contributed by atoms with van der Waals surface area (Å²) in [6.07, 6.45) is 1.86. The molecule has 2 unspecified atom stereocenters. The molecule has 7 heteroatoms. The molecule has 1 aromatic rings. The molecule has 1 aromatic heterocycles. The number of nitrogens with zero attached hydrogens (tertiary/aromatic N) is 4. The van der Waals surface area contributed by atoms with E-state index in [-0.39, 0.29) is 0 Å². The van der Waals surface area contributed by atoms with Gasteiger partial charge < -0.3 is 20.3 Å². The SMILES string of the molecule is CN=C(NCc1cccnc1N1CCOCC1)NC1CN(C(C)C)CC1C. The van der Waals surface area contributed by atoms with Crippen LogP contribution < -0.4 is 15.5 Å². The largest absolute Gasteiger partial charge is 0.378 e. The second kappa shape index (κ2) is 9.37. The Balaban J connectivity index is 1.59. The molecular formula is C20H34N6O. The Morgan fingerprint density at radius 3 is 2.78 bits per heavy atom. The summed E-state index contributed by atoms with van der Waals surface area (Å²) >= 11 is 0. The Morgan fingerprint density at radius 2 is 2.11 bits per heavy atom. The molecule has 2 fully saturated rings. The van der Waals surface area contributed by atoms with Crippen LogP contribution in [0.15, 0.2) is 23.3 Å². The first kappa shape index (κ1) is 19.9. The Bertz CT molecular complexity index is 629. The number of pyridine rings is 1. The molecule has 0 spiro atoms. The van der Waals surface area contributed by atoms with Gasteiger partial charge in [-0.15, -0.1) is 0 Å². The van der Waals surface area contributed by atoms with Gasteiger partial charge in [0.1, 0.15) is 5.82 Å². The van der Waals surface area contributed by atoms with Crippen molar-refractivity contribution in [1.29, 1.82) is 0 Å². The summed E-state index contributed by atoms with van der Waals surface area (Å²) in [4.78, 5) is 13.9. The predicted octanol–water partition coefficient (Wildman–Crippen LogP) is 1.31. The number of aliphatic imine (C=N–C) groups is 1. The number of ether oxygens (including phenoxy) is 1. The standard InChI is InChI=1S/C20H34N6O/c1-15(2)26-13-16(3)18(14-26)24-20(21-4)23-12-17-6-5-7-22-19(17)25-8-10-27-11-9-25/h5-7,15-16,18H,8-14H2,1-4H3,(H2,21,23,24). The van der Waals surface area contributed by atoms with Gasteiger partial charge in [-0.05, 0) is 25.8 Å². The van der Waals surface area contributed by atoms with Crippen LogP contribution in [-0.4, -0.2) is 74.4 Å². The van der Waals surface area contributed by atoms with Gasteiger partial charge in [0.25, 0.3) is 0 Å². The molecule has 0 bridgehead atoms. The molecule has 0 aliphatic carbocycles. The molecule has 0 saturated carbocycles. The van der Waals surface area contributed by atoms with Crippen molar-refractivity contribution in [3.05, 3.63) is 23.9 Å². The van der Waals surface area contributed by atoms with E-state index in [0.29, 0.717) is 24.5 Å². The molecule has 2 N–H and O–H groups in total. The zero-order valence-corrected chi connectivity index (χ0v) is 17.1. The van der Waals surface area contributed by atoms with Gasteiger partial charge in [-0.1, -0.05) is 13.0 Å². The lowest BCUT2D eigenvalue weighted by atomic mass is 10.1. The summed E-state index contributed by atoms with van der Waals surface area (Å²) in [7, 11) is 1.83. The smallest absolute Gasteiger partial charge is 0.191 e. The third kappa shape index (κ3) is 5.11. The lowest BCUT2D eigenvalue weighted by Gasteiger charge is -2.29. The number of morpholine rings is 1. The number of aromatic nitrogens is 1. The number of nitrogens with one attached hydrogen (secondary N) is 2. The quantitative estimate of drug-likeness (QED) is 0.599. The first-order valence-electron chi connectivity index (χ1n) is 10.1. The second-order valence-corrected chi connectivity index (χ2v) is 7.79. The summed E-state index contributed by atoms with van der Waals surface area (Å²) in [6, 6.07) is 5.14. The van der Waals surface area contributed by atoms with Crippen LogP contribution in [0.5, 0.6) is 0 Å². The van der Waals surface area contributed by atoms with E-state index in [1.807, 2.05) is 19.3 Å². The van der Waals surface area contributed by atoms with Gasteiger partial charge in [-0.2, -0.15) is 0 Å². The van der Waals surface area contributed by atoms with Crippen LogP contribution in [0.4, 0.5) is 5.82 Å². The van der Waals surface area contributed by atoms with E-state index in [1.165, 1.54) is 5.56 Å². The van der Waals surface area contributed by atoms with Crippen molar-refractivity contribution in [2.45, 2.75) is 39.4 Å². The number of hydrogen-bond donors (Lipinski definition) is 2. The normalized spacial score (nSPS) is 24.5. The van der Waals surface area contributed by atoms with Crippen molar-refractivity contribution in [1.82, 2.24) is 20.5 Å². The minimum absolute atomic E-state index is 0.422. The Kier molecular flexibility index (Phi) is 6.90. The maximum atomic E-state index is 5.47. The topological polar surface area (TPSA) is 65.0 Å². The molecule has 2 atom stereocenters. The first-order chi connectivity index (χ1) is 13.1. The minimum atomic E-state index is 0.422. The second-order valence-electron chi connectivity index (χ2n) is 7.79. The third-order valence-corrected chi connectivity index (χ3v) is 5.54. The highest BCUT2D eigenvalue weighted by molar-refractivity contribution is 5.80. The van der Waals surface area contributed by atoms with Gasteiger partial charge in [0.2, 0.25) is 0 Å². The lowest BCUT2D eigenvalue weighted by molar-refractivity contribution is 0.122. The molecule has 0 aromatic carbocycles. The Hall–Kier alpha value is -1.86. The van der Waals surface area contributed by atoms with Crippen molar-refractivity contribution >= 4 is 11.8 Å². The molecule has 150 valence electrons. The average Bonchev–Trinajstić information content (AvgIpc) is 3.07. The van der Waals surface area contributed by atoms with E-state index < -0.39 is 0 Å². The maximum absolute atomic E-state index is 5.47. The number of hydrogen-bond acceptors (Lipinski definition) is 5. The van der Waals surface area contributed by atoms with Gasteiger partial charge in [0.15, 0.2) is 5.96 Å². The highest BCUT2D eigenvalue weighted by Crippen LogP contribution is 2.20. The number of guanidine groups is 1. The van der Waals surface area contributed by atoms with Gasteiger partial charge >= 0.3 is 0 Å². The van der Waals surface area contributed by atoms with Crippen LogP contribution in [0, 0.1) is 5.92 Å². The molecule has 0 amide bonds. The monoisotopic (exact) mass is 374 g/mol. The molecule has 27 heavy (non-hydrogen) atoms. The Morgan fingerprint density at radius 1 is 1.33 bits per heavy atom. The van der Waals surface area contributed by atoms with E-state index in [2.05, 4.69) is 57.2 Å². The zero-order chi connectivity index (χ0) is 19.2. The van der Waals surface area contributed by atoms with Crippen LogP contribution in [0.25, 0.3) is 0 Å². The summed E-state index contributed by atoms with van der Waals surface area (Å²) in [6.45, 7) is 13.0. The van der Waals surface area contributed by atoms with Gasteiger partial charge in [0, 0.05) is 63.6 Å². The minimum Gasteiger partial charge on any atom is -0.378 e. The third-order valence-electron chi connectivity index (χ3n) is 5.54. The zero-order valence-electron chi connectivity index (χ0n) is 17.1. The fraction of sp³-hybridized carbons (Fsp3) is 0.700. The van der Waals surface area contributed by atoms with E-state index in [4.69, 9.17) is 4.74 Å². The van der Waals surface area contributed by atoms with Gasteiger partial charge in [-0.3, -0.25) is 9.89 Å². The molecular weight excluding hydrogens is 340 g/mol. The molecule has 2 aliphatic heterocycles. The van der Waals surface area contributed by atoms with Gasteiger partial charge in [0.05, 0.1) is 13.2 Å². The molecule has 2 aliphatic rings. The highest BCUT2D eigenvalue weighted by atomic mass is 16.5. The summed E-state index contributed by atoms with van der Waals surface area (Å²) in [5, 5.41) is 7.09. The van der Waals surface area contributed by atoms with Crippen molar-refractivity contribution < 1.29 is 4.74 Å². The molecule has 2 saturated heterocycles. The van der Waals surface area contributed by atoms with Crippen LogP contribution in [0.3, 0.4) is 0 Å². The Labute approximate surface area is 163 Å². The molecule has 3 rings (SSSR count). The highest BCUT2D eigenvalue weighted by Gasteiger charge is 2.31. The van der Waals surface area contributed by atoms with Crippen LogP contribution in [-0.2, 0) is 11.3 Å². The van der Waals surface area contributed by atoms with Gasteiger partial charge in [-0.25, -0.2) is 4.98 Å². The van der Waals surface area contributed by atoms with Crippen LogP contribution in [0.1, 0.15) is 26.3 Å². The van der Waals surface area contributed by atoms with Crippen LogP contribution in [0.2, 0.25) is 0 Å². The van der Waals surface area contributed by atoms with E-state index in [9.17, 15) is 0 Å². The van der Waals surface area contributed by atoms with Crippen molar-refractivity contribution in [3.8, 4) is 0 Å². The van der Waals surface area contributed by atoms with Crippen molar-refractivity contribution in [2.24, 2.45) is 10.9 Å². The lowest BCUT2D eigenvalue weighted by Crippen LogP contribution is -2.46. The molecule has 0 radical (unpaired) electrons. The van der Waals surface area contributed by atoms with Crippen molar-refractivity contribution in [3.63, 3.8) is 0 Å². The van der Waals surface area contributed by atoms with E-state index in [0.717, 1.165) is 51.2 Å². The first-order valence-corrected chi connectivity index (χ1v) is 10.1. The molecule has 3 heterocycles. The van der Waals surface area contributed by atoms with Crippen molar-refractivity contribution in [2.75, 3.05) is 51.3 Å². The van der Waals surface area contributed by atoms with Crippen LogP contribution >= 0.6 is 0 Å². The number of likely N-dealkylation sites (tertiary alicyclic amines) is 1. The maximum Gasteiger partial charge on any atom is 0.191 e. The summed E-state index contributed by atoms with van der Waals surface area (Å²) < 4.78 is 5.47. The molecule has 7 nitrogen and oxygen atoms in total. The fourth-order valence-electron chi connectivity index (χ4n) is 3.79. The summed E-state index contributed by atoms with van der Waals surface area (Å²) in [5.74, 6) is 2.51. The number of rotatable bonds is 5.